The molecule has 2 amide bonds. The topological polar surface area (TPSA) is 63.7 Å². The molecule has 76 valence electrons. The van der Waals surface area contributed by atoms with Crippen LogP contribution in [0.15, 0.2) is 10.6 Å². The second-order valence-corrected chi connectivity index (χ2v) is 3.48. The third-order valence-corrected chi connectivity index (χ3v) is 2.15. The lowest BCUT2D eigenvalue weighted by Gasteiger charge is -2.13. The van der Waals surface area contributed by atoms with Crippen molar-refractivity contribution >= 4 is 33.7 Å². The minimum atomic E-state index is -0.434. The van der Waals surface area contributed by atoms with Crippen LogP contribution in [0.4, 0.5) is 0 Å². The molecule has 6 heteroatoms. The maximum absolute atomic E-state index is 11.2. The van der Waals surface area contributed by atoms with E-state index < -0.39 is 17.8 Å². The second kappa shape index (κ2) is 4.36. The molecule has 14 heavy (non-hydrogen) atoms. The maximum atomic E-state index is 11.2. The van der Waals surface area contributed by atoms with E-state index >= 15 is 0 Å². The summed E-state index contributed by atoms with van der Waals surface area (Å²) < 4.78 is 4.84. The van der Waals surface area contributed by atoms with Crippen molar-refractivity contribution in [3.8, 4) is 0 Å². The number of hydrogen-bond donors (Lipinski definition) is 0. The van der Waals surface area contributed by atoms with Crippen LogP contribution in [-0.2, 0) is 19.1 Å². The van der Waals surface area contributed by atoms with Gasteiger partial charge in [-0.2, -0.15) is 0 Å². The predicted molar refractivity (Wildman–Crippen MR) is 50.4 cm³/mol. The zero-order chi connectivity index (χ0) is 10.7. The molecule has 5 nitrogen and oxygen atoms in total. The third-order valence-electron chi connectivity index (χ3n) is 1.59. The van der Waals surface area contributed by atoms with Crippen LogP contribution in [0, 0.1) is 0 Å². The van der Waals surface area contributed by atoms with Gasteiger partial charge in [0.25, 0.3) is 11.8 Å². The molecule has 0 fully saturated rings. The molecule has 0 unspecified atom stereocenters. The molecule has 0 bridgehead atoms. The Balaban J connectivity index is 2.44. The number of imide groups is 1. The number of hydrogen-bond acceptors (Lipinski definition) is 4. The summed E-state index contributed by atoms with van der Waals surface area (Å²) in [4.78, 5) is 33.8. The fraction of sp³-hybridized carbons (Fsp3) is 0.375. The van der Waals surface area contributed by atoms with Gasteiger partial charge in [0, 0.05) is 13.0 Å². The summed E-state index contributed by atoms with van der Waals surface area (Å²) in [5.74, 6) is -1.23. The van der Waals surface area contributed by atoms with Gasteiger partial charge >= 0.3 is 5.97 Å². The highest BCUT2D eigenvalue weighted by atomic mass is 79.9. The third kappa shape index (κ3) is 2.41. The molecule has 0 spiro atoms. The van der Waals surface area contributed by atoms with Gasteiger partial charge in [0.15, 0.2) is 0 Å². The van der Waals surface area contributed by atoms with Crippen molar-refractivity contribution in [2.75, 3.05) is 13.2 Å². The van der Waals surface area contributed by atoms with Gasteiger partial charge in [0.1, 0.15) is 6.61 Å². The highest BCUT2D eigenvalue weighted by Crippen LogP contribution is 2.17. The van der Waals surface area contributed by atoms with Gasteiger partial charge in [-0.25, -0.2) is 0 Å². The van der Waals surface area contributed by atoms with Crippen molar-refractivity contribution in [3.63, 3.8) is 0 Å². The summed E-state index contributed by atoms with van der Waals surface area (Å²) in [6.07, 6.45) is 1.19. The molecule has 0 N–H and O–H groups in total. The highest BCUT2D eigenvalue weighted by molar-refractivity contribution is 9.12. The van der Waals surface area contributed by atoms with E-state index in [1.165, 1.54) is 13.0 Å². The standard InChI is InChI=1S/C8H8BrNO4/c1-5(11)14-3-2-10-7(12)4-6(9)8(10)13/h4H,2-3H2,1H3. The molecule has 0 atom stereocenters. The first-order chi connectivity index (χ1) is 6.52. The summed E-state index contributed by atoms with van der Waals surface area (Å²) in [6.45, 7) is 1.38. The zero-order valence-electron chi connectivity index (χ0n) is 7.45. The van der Waals surface area contributed by atoms with Crippen LogP contribution >= 0.6 is 15.9 Å². The van der Waals surface area contributed by atoms with Crippen molar-refractivity contribution in [3.05, 3.63) is 10.6 Å². The largest absolute Gasteiger partial charge is 0.464 e. The number of rotatable bonds is 3. The van der Waals surface area contributed by atoms with E-state index in [9.17, 15) is 14.4 Å². The van der Waals surface area contributed by atoms with E-state index in [0.717, 1.165) is 4.90 Å². The Morgan fingerprint density at radius 2 is 2.21 bits per heavy atom. The van der Waals surface area contributed by atoms with Gasteiger partial charge in [0.2, 0.25) is 0 Å². The lowest BCUT2D eigenvalue weighted by molar-refractivity contribution is -0.145. The number of ether oxygens (including phenoxy) is 1. The predicted octanol–water partition coefficient (Wildman–Crippen LogP) is 0.197. The lowest BCUT2D eigenvalue weighted by atomic mass is 10.5. The first-order valence-electron chi connectivity index (χ1n) is 3.88. The number of nitrogens with zero attached hydrogens (tertiary/aromatic N) is 1. The Labute approximate surface area is 88.8 Å². The molecule has 0 aromatic carbocycles. The van der Waals surface area contributed by atoms with Crippen molar-refractivity contribution in [2.24, 2.45) is 0 Å². The van der Waals surface area contributed by atoms with E-state index in [0.29, 0.717) is 0 Å². The number of carbonyl (C=O) groups is 3. The van der Waals surface area contributed by atoms with Crippen LogP contribution in [0.5, 0.6) is 0 Å². The Hall–Kier alpha value is -1.17. The molecular weight excluding hydrogens is 254 g/mol. The number of halogens is 1. The Morgan fingerprint density at radius 3 is 2.64 bits per heavy atom. The second-order valence-electron chi connectivity index (χ2n) is 2.63. The molecule has 0 saturated carbocycles. The average Bonchev–Trinajstić information content (AvgIpc) is 2.31. The Bertz CT molecular complexity index is 323. The molecule has 0 saturated heterocycles. The lowest BCUT2D eigenvalue weighted by Crippen LogP contribution is -2.34. The van der Waals surface area contributed by atoms with Gasteiger partial charge in [-0.15, -0.1) is 0 Å². The van der Waals surface area contributed by atoms with Crippen LogP contribution in [0.3, 0.4) is 0 Å². The summed E-state index contributed by atoms with van der Waals surface area (Å²) >= 11 is 2.95. The van der Waals surface area contributed by atoms with Crippen molar-refractivity contribution in [2.45, 2.75) is 6.92 Å². The van der Waals surface area contributed by atoms with Crippen LogP contribution in [0.25, 0.3) is 0 Å². The van der Waals surface area contributed by atoms with Gasteiger partial charge in [-0.05, 0) is 15.9 Å². The highest BCUT2D eigenvalue weighted by Gasteiger charge is 2.29. The Morgan fingerprint density at radius 1 is 1.57 bits per heavy atom. The number of carbonyl (C=O) groups excluding carboxylic acids is 3. The van der Waals surface area contributed by atoms with Crippen molar-refractivity contribution < 1.29 is 19.1 Å². The molecule has 0 aliphatic carbocycles. The smallest absolute Gasteiger partial charge is 0.302 e. The molecular formula is C8H8BrNO4. The van der Waals surface area contributed by atoms with Gasteiger partial charge < -0.3 is 4.74 Å². The molecule has 1 aliphatic heterocycles. The summed E-state index contributed by atoms with van der Waals surface area (Å²) in [7, 11) is 0. The van der Waals surface area contributed by atoms with Crippen molar-refractivity contribution in [1.82, 2.24) is 4.90 Å². The molecule has 0 aromatic heterocycles. The van der Waals surface area contributed by atoms with E-state index in [-0.39, 0.29) is 17.6 Å². The van der Waals surface area contributed by atoms with Gasteiger partial charge in [-0.3, -0.25) is 19.3 Å². The van der Waals surface area contributed by atoms with Crippen LogP contribution in [0.1, 0.15) is 6.92 Å². The number of esters is 1. The van der Waals surface area contributed by atoms with Crippen LogP contribution in [0.2, 0.25) is 0 Å². The monoisotopic (exact) mass is 261 g/mol. The first-order valence-corrected chi connectivity index (χ1v) is 4.68. The normalized spacial score (nSPS) is 15.9. The SMILES string of the molecule is CC(=O)OCCN1C(=O)C=C(Br)C1=O. The molecule has 1 rings (SSSR count). The Kier molecular flexibility index (Phi) is 3.40. The zero-order valence-corrected chi connectivity index (χ0v) is 9.04. The van der Waals surface area contributed by atoms with E-state index in [1.54, 1.807) is 0 Å². The quantitative estimate of drug-likeness (QED) is 0.538. The van der Waals surface area contributed by atoms with Crippen LogP contribution in [-0.4, -0.2) is 35.8 Å². The molecule has 0 radical (unpaired) electrons. The molecule has 1 heterocycles. The summed E-state index contributed by atoms with van der Waals surface area (Å²) in [6, 6.07) is 0. The van der Waals surface area contributed by atoms with Crippen LogP contribution < -0.4 is 0 Å². The fourth-order valence-electron chi connectivity index (χ4n) is 0.969. The minimum Gasteiger partial charge on any atom is -0.464 e. The van der Waals surface area contributed by atoms with E-state index in [2.05, 4.69) is 20.7 Å². The minimum absolute atomic E-state index is 0.0287. The molecule has 0 aromatic rings. The molecule has 1 aliphatic rings. The van der Waals surface area contributed by atoms with E-state index in [1.807, 2.05) is 0 Å². The maximum Gasteiger partial charge on any atom is 0.302 e. The first kappa shape index (κ1) is 10.9. The van der Waals surface area contributed by atoms with Gasteiger partial charge in [-0.1, -0.05) is 0 Å². The fourth-order valence-corrected chi connectivity index (χ4v) is 1.38. The van der Waals surface area contributed by atoms with Gasteiger partial charge in [0.05, 0.1) is 11.0 Å². The number of amides is 2. The average molecular weight is 262 g/mol. The summed E-state index contributed by atoms with van der Waals surface area (Å²) in [5, 5.41) is 0. The summed E-state index contributed by atoms with van der Waals surface area (Å²) in [5.41, 5.74) is 0. The van der Waals surface area contributed by atoms with Crippen molar-refractivity contribution in [1.29, 1.82) is 0 Å². The van der Waals surface area contributed by atoms with E-state index in [4.69, 9.17) is 0 Å².